The van der Waals surface area contributed by atoms with Crippen molar-refractivity contribution >= 4 is 15.7 Å². The third-order valence-corrected chi connectivity index (χ3v) is 0.539. The molecular weight excluding hydrogens is 71.7 g/mol. The summed E-state index contributed by atoms with van der Waals surface area (Å²) in [5.74, 6) is 0. The van der Waals surface area contributed by atoms with Crippen LogP contribution >= 0.6 is 0 Å². The molecule has 0 bridgehead atoms. The molecule has 1 N–H and O–H groups in total. The predicted octanol–water partition coefficient (Wildman–Crippen LogP) is -0.784. The Labute approximate surface area is 41.3 Å². The van der Waals surface area contributed by atoms with Crippen molar-refractivity contribution in [3.05, 3.63) is 0 Å². The molecule has 0 saturated carbocycles. The Morgan fingerprint density at radius 1 is 1.50 bits per heavy atom. The first-order chi connectivity index (χ1) is 2.56. The van der Waals surface area contributed by atoms with Crippen molar-refractivity contribution in [2.24, 2.45) is 0 Å². The van der Waals surface area contributed by atoms with Crippen LogP contribution in [0.2, 0.25) is 0 Å². The fraction of sp³-hybridized carbons (Fsp3) is 1.00. The number of hydrogen-bond donors (Lipinski definition) is 1. The van der Waals surface area contributed by atoms with Gasteiger partial charge in [0.2, 0.25) is 0 Å². The zero-order valence-electron chi connectivity index (χ0n) is 4.15. The number of nitrogens with one attached hydrogen (secondary N) is 1. The van der Waals surface area contributed by atoms with E-state index in [1.165, 1.54) is 0 Å². The van der Waals surface area contributed by atoms with E-state index in [0.717, 1.165) is 0 Å². The minimum absolute atomic E-state index is 0.708. The van der Waals surface area contributed by atoms with Crippen LogP contribution < -0.4 is 5.32 Å². The summed E-state index contributed by atoms with van der Waals surface area (Å²) in [6.45, 7) is 1.69. The second kappa shape index (κ2) is 1.69. The van der Waals surface area contributed by atoms with Gasteiger partial charge in [-0.15, -0.1) is 0 Å². The van der Waals surface area contributed by atoms with Gasteiger partial charge < -0.3 is 5.32 Å². The highest BCUT2D eigenvalue weighted by Gasteiger charge is 2.01. The summed E-state index contributed by atoms with van der Waals surface area (Å²) >= 11 is 0. The first kappa shape index (κ1) is 6.09. The van der Waals surface area contributed by atoms with Crippen LogP contribution in [0.25, 0.3) is 0 Å². The molecular formula is C3H7B2N. The van der Waals surface area contributed by atoms with E-state index in [1.807, 2.05) is 0 Å². The van der Waals surface area contributed by atoms with E-state index < -0.39 is 5.34 Å². The molecule has 0 aromatic heterocycles. The van der Waals surface area contributed by atoms with Crippen molar-refractivity contribution in [3.63, 3.8) is 0 Å². The van der Waals surface area contributed by atoms with Crippen LogP contribution in [0, 0.1) is 0 Å². The smallest absolute Gasteiger partial charge is 0.0816 e. The van der Waals surface area contributed by atoms with Crippen LogP contribution in [-0.2, 0) is 0 Å². The van der Waals surface area contributed by atoms with E-state index in [1.54, 1.807) is 14.0 Å². The van der Waals surface area contributed by atoms with Gasteiger partial charge in [0.25, 0.3) is 0 Å². The molecule has 0 aliphatic carbocycles. The normalized spacial score (nSPS) is 11.7. The third kappa shape index (κ3) is 4.09. The molecule has 3 heteroatoms. The molecule has 0 saturated heterocycles. The van der Waals surface area contributed by atoms with Crippen LogP contribution in [0.1, 0.15) is 6.92 Å². The zero-order chi connectivity index (χ0) is 5.21. The van der Waals surface area contributed by atoms with Gasteiger partial charge in [-0.2, -0.15) is 0 Å². The molecule has 4 radical (unpaired) electrons. The Morgan fingerprint density at radius 2 is 1.67 bits per heavy atom. The lowest BCUT2D eigenvalue weighted by atomic mass is 9.64. The maximum atomic E-state index is 5.20. The Bertz CT molecular complexity index is 38.5. The fourth-order valence-corrected chi connectivity index (χ4v) is 0. The van der Waals surface area contributed by atoms with E-state index in [2.05, 4.69) is 5.32 Å². The van der Waals surface area contributed by atoms with Gasteiger partial charge in [-0.05, 0) is 7.05 Å². The van der Waals surface area contributed by atoms with Crippen molar-refractivity contribution in [1.29, 1.82) is 0 Å². The van der Waals surface area contributed by atoms with Gasteiger partial charge in [-0.25, -0.2) is 0 Å². The third-order valence-electron chi connectivity index (χ3n) is 0.539. The highest BCUT2D eigenvalue weighted by atomic mass is 14.9. The Kier molecular flexibility index (Phi) is 1.72. The molecule has 0 aliphatic heterocycles. The van der Waals surface area contributed by atoms with Crippen LogP contribution in [0.15, 0.2) is 0 Å². The number of hydrogen-bond acceptors (Lipinski definition) is 1. The quantitative estimate of drug-likeness (QED) is 0.406. The minimum Gasteiger partial charge on any atom is -0.331 e. The second-order valence-electron chi connectivity index (χ2n) is 1.53. The van der Waals surface area contributed by atoms with E-state index in [4.69, 9.17) is 15.7 Å². The van der Waals surface area contributed by atoms with Gasteiger partial charge in [0.05, 0.1) is 15.7 Å². The van der Waals surface area contributed by atoms with Crippen LogP contribution in [0.5, 0.6) is 0 Å². The van der Waals surface area contributed by atoms with Crippen molar-refractivity contribution in [3.8, 4) is 0 Å². The van der Waals surface area contributed by atoms with Crippen molar-refractivity contribution in [2.75, 3.05) is 7.05 Å². The molecule has 30 valence electrons. The summed E-state index contributed by atoms with van der Waals surface area (Å²) in [6, 6.07) is 0. The van der Waals surface area contributed by atoms with Gasteiger partial charge in [0.15, 0.2) is 0 Å². The van der Waals surface area contributed by atoms with E-state index in [-0.39, 0.29) is 0 Å². The van der Waals surface area contributed by atoms with Crippen LogP contribution in [0.3, 0.4) is 0 Å². The van der Waals surface area contributed by atoms with E-state index >= 15 is 0 Å². The summed E-state index contributed by atoms with van der Waals surface area (Å²) in [6.07, 6.45) is 0. The van der Waals surface area contributed by atoms with Crippen molar-refractivity contribution in [1.82, 2.24) is 5.32 Å². The number of rotatable bonds is 1. The molecule has 0 aromatic rings. The average molecular weight is 78.7 g/mol. The maximum Gasteiger partial charge on any atom is 0.0816 e. The standard InChI is InChI=1S/C3H7B2N/c1-3(4,5)6-2/h6H,1-2H3. The summed E-state index contributed by atoms with van der Waals surface area (Å²) in [7, 11) is 12.1. The first-order valence-corrected chi connectivity index (χ1v) is 1.83. The van der Waals surface area contributed by atoms with Gasteiger partial charge in [0.1, 0.15) is 0 Å². The van der Waals surface area contributed by atoms with Crippen molar-refractivity contribution in [2.45, 2.75) is 12.3 Å². The largest absolute Gasteiger partial charge is 0.331 e. The van der Waals surface area contributed by atoms with Crippen molar-refractivity contribution < 1.29 is 0 Å². The molecule has 6 heavy (non-hydrogen) atoms. The van der Waals surface area contributed by atoms with Gasteiger partial charge in [0, 0.05) is 0 Å². The molecule has 0 fully saturated rings. The van der Waals surface area contributed by atoms with Gasteiger partial charge in [-0.3, -0.25) is 0 Å². The topological polar surface area (TPSA) is 12.0 Å². The Balaban J connectivity index is 3.17. The molecule has 0 spiro atoms. The Hall–Kier alpha value is 0.0899. The van der Waals surface area contributed by atoms with Gasteiger partial charge >= 0.3 is 0 Å². The predicted molar refractivity (Wildman–Crippen MR) is 29.0 cm³/mol. The second-order valence-corrected chi connectivity index (χ2v) is 1.53. The highest BCUT2D eigenvalue weighted by molar-refractivity contribution is 6.39. The summed E-state index contributed by atoms with van der Waals surface area (Å²) in [4.78, 5) is 0. The Morgan fingerprint density at radius 3 is 1.67 bits per heavy atom. The lowest BCUT2D eigenvalue weighted by molar-refractivity contribution is 0.725. The maximum absolute atomic E-state index is 5.20. The lowest BCUT2D eigenvalue weighted by Gasteiger charge is -2.16. The fourth-order valence-electron chi connectivity index (χ4n) is 0. The molecule has 0 aromatic carbocycles. The van der Waals surface area contributed by atoms with Gasteiger partial charge in [-0.1, -0.05) is 12.3 Å². The lowest BCUT2D eigenvalue weighted by Crippen LogP contribution is -2.40. The summed E-state index contributed by atoms with van der Waals surface area (Å²) in [5.41, 5.74) is 0. The minimum atomic E-state index is -0.708. The molecule has 0 heterocycles. The molecule has 0 atom stereocenters. The van der Waals surface area contributed by atoms with Crippen LogP contribution in [0.4, 0.5) is 0 Å². The zero-order valence-corrected chi connectivity index (χ0v) is 4.15. The molecule has 0 rings (SSSR count). The molecule has 1 nitrogen and oxygen atoms in total. The highest BCUT2D eigenvalue weighted by Crippen LogP contribution is 1.81. The SMILES string of the molecule is [B]C([B])(C)NC. The van der Waals surface area contributed by atoms with E-state index in [9.17, 15) is 0 Å². The molecule has 0 unspecified atom stereocenters. The first-order valence-electron chi connectivity index (χ1n) is 1.83. The summed E-state index contributed by atoms with van der Waals surface area (Å²) < 4.78 is 0. The van der Waals surface area contributed by atoms with Crippen LogP contribution in [-0.4, -0.2) is 28.1 Å². The average Bonchev–Trinajstić information content (AvgIpc) is 1.35. The monoisotopic (exact) mass is 79.1 g/mol. The van der Waals surface area contributed by atoms with E-state index in [0.29, 0.717) is 0 Å². The molecule has 0 amide bonds. The summed E-state index contributed by atoms with van der Waals surface area (Å²) in [5, 5.41) is 1.95. The molecule has 0 aliphatic rings.